The van der Waals surface area contributed by atoms with E-state index in [9.17, 15) is 0 Å². The Bertz CT molecular complexity index is 627. The van der Waals surface area contributed by atoms with Crippen molar-refractivity contribution < 1.29 is 4.74 Å². The number of ether oxygens (including phenoxy) is 1. The number of allylic oxidation sites excluding steroid dienone is 1. The van der Waals surface area contributed by atoms with Gasteiger partial charge >= 0.3 is 0 Å². The molecule has 0 radical (unpaired) electrons. The molecule has 0 aromatic heterocycles. The molecule has 23 heavy (non-hydrogen) atoms. The van der Waals surface area contributed by atoms with Crippen molar-refractivity contribution in [2.24, 2.45) is 5.92 Å². The SMILES string of the molecule is COc1ccc(/C=C/C(C)Cc2ccc(C(C)(C)C)cc2)cc1. The van der Waals surface area contributed by atoms with E-state index in [0.29, 0.717) is 5.92 Å². The van der Waals surface area contributed by atoms with Crippen LogP contribution in [-0.2, 0) is 11.8 Å². The number of hydrogen-bond acceptors (Lipinski definition) is 1. The van der Waals surface area contributed by atoms with Gasteiger partial charge in [-0.05, 0) is 46.6 Å². The Morgan fingerprint density at radius 3 is 2.09 bits per heavy atom. The van der Waals surface area contributed by atoms with Crippen molar-refractivity contribution in [2.75, 3.05) is 7.11 Å². The van der Waals surface area contributed by atoms with E-state index < -0.39 is 0 Å². The summed E-state index contributed by atoms with van der Waals surface area (Å²) in [5, 5.41) is 0. The zero-order valence-electron chi connectivity index (χ0n) is 15.0. The van der Waals surface area contributed by atoms with Crippen LogP contribution < -0.4 is 4.74 Å². The third-order valence-electron chi connectivity index (χ3n) is 4.11. The van der Waals surface area contributed by atoms with Crippen LogP contribution in [0.4, 0.5) is 0 Å². The second-order valence-corrected chi connectivity index (χ2v) is 7.26. The second kappa shape index (κ2) is 7.50. The monoisotopic (exact) mass is 308 g/mol. The van der Waals surface area contributed by atoms with Crippen molar-refractivity contribution >= 4 is 6.08 Å². The van der Waals surface area contributed by atoms with Gasteiger partial charge in [-0.15, -0.1) is 0 Å². The maximum absolute atomic E-state index is 5.18. The average molecular weight is 308 g/mol. The van der Waals surface area contributed by atoms with Gasteiger partial charge in [0, 0.05) is 0 Å². The highest BCUT2D eigenvalue weighted by Gasteiger charge is 2.12. The third-order valence-corrected chi connectivity index (χ3v) is 4.11. The Hall–Kier alpha value is -2.02. The van der Waals surface area contributed by atoms with Crippen molar-refractivity contribution in [2.45, 2.75) is 39.5 Å². The Morgan fingerprint density at radius 1 is 0.957 bits per heavy atom. The molecule has 0 saturated heterocycles. The molecule has 122 valence electrons. The predicted molar refractivity (Wildman–Crippen MR) is 100 cm³/mol. The molecule has 0 heterocycles. The minimum atomic E-state index is 0.221. The summed E-state index contributed by atoms with van der Waals surface area (Å²) in [5.74, 6) is 1.41. The largest absolute Gasteiger partial charge is 0.497 e. The van der Waals surface area contributed by atoms with E-state index in [-0.39, 0.29) is 5.41 Å². The third kappa shape index (κ3) is 5.28. The lowest BCUT2D eigenvalue weighted by molar-refractivity contribution is 0.415. The highest BCUT2D eigenvalue weighted by molar-refractivity contribution is 5.50. The summed E-state index contributed by atoms with van der Waals surface area (Å²) in [4.78, 5) is 0. The molecule has 2 aromatic carbocycles. The first-order valence-electron chi connectivity index (χ1n) is 8.30. The van der Waals surface area contributed by atoms with Gasteiger partial charge in [0.1, 0.15) is 5.75 Å². The van der Waals surface area contributed by atoms with Crippen LogP contribution in [0.15, 0.2) is 54.6 Å². The van der Waals surface area contributed by atoms with Crippen LogP contribution in [0.3, 0.4) is 0 Å². The van der Waals surface area contributed by atoms with Crippen LogP contribution in [0, 0.1) is 5.92 Å². The van der Waals surface area contributed by atoms with Crippen molar-refractivity contribution in [1.82, 2.24) is 0 Å². The summed E-state index contributed by atoms with van der Waals surface area (Å²) in [5.41, 5.74) is 4.21. The molecule has 0 aliphatic carbocycles. The normalized spacial score (nSPS) is 13.3. The highest BCUT2D eigenvalue weighted by Crippen LogP contribution is 2.23. The standard InChI is InChI=1S/C22H28O/c1-17(6-7-18-10-14-21(23-5)15-11-18)16-19-8-12-20(13-9-19)22(2,3)4/h6-15,17H,16H2,1-5H3/b7-6+. The topological polar surface area (TPSA) is 9.23 Å². The molecule has 0 aliphatic rings. The lowest BCUT2D eigenvalue weighted by Crippen LogP contribution is -2.10. The molecule has 2 aromatic rings. The first-order valence-corrected chi connectivity index (χ1v) is 8.30. The van der Waals surface area contributed by atoms with Crippen molar-refractivity contribution in [3.63, 3.8) is 0 Å². The van der Waals surface area contributed by atoms with Crippen molar-refractivity contribution in [3.8, 4) is 5.75 Å². The summed E-state index contributed by atoms with van der Waals surface area (Å²) in [6.07, 6.45) is 5.53. The summed E-state index contributed by atoms with van der Waals surface area (Å²) in [6, 6.07) is 17.2. The number of rotatable bonds is 5. The Balaban J connectivity index is 1.95. The lowest BCUT2D eigenvalue weighted by atomic mass is 9.86. The smallest absolute Gasteiger partial charge is 0.118 e. The van der Waals surface area contributed by atoms with Crippen LogP contribution in [0.1, 0.15) is 44.4 Å². The number of methoxy groups -OCH3 is 1. The Morgan fingerprint density at radius 2 is 1.57 bits per heavy atom. The van der Waals surface area contributed by atoms with E-state index in [2.05, 4.69) is 76.2 Å². The van der Waals surface area contributed by atoms with Crippen molar-refractivity contribution in [3.05, 3.63) is 71.3 Å². The van der Waals surface area contributed by atoms with Gasteiger partial charge in [-0.1, -0.05) is 76.2 Å². The quantitative estimate of drug-likeness (QED) is 0.669. The van der Waals surface area contributed by atoms with E-state index in [0.717, 1.165) is 12.2 Å². The van der Waals surface area contributed by atoms with E-state index in [4.69, 9.17) is 4.74 Å². The molecule has 0 aliphatic heterocycles. The Labute approximate surface area is 141 Å². The predicted octanol–water partition coefficient (Wildman–Crippen LogP) is 5.88. The van der Waals surface area contributed by atoms with Crippen LogP contribution in [-0.4, -0.2) is 7.11 Å². The van der Waals surface area contributed by atoms with Gasteiger partial charge in [-0.25, -0.2) is 0 Å². The molecule has 0 spiro atoms. The van der Waals surface area contributed by atoms with Gasteiger partial charge in [0.25, 0.3) is 0 Å². The van der Waals surface area contributed by atoms with E-state index >= 15 is 0 Å². The maximum Gasteiger partial charge on any atom is 0.118 e. The zero-order valence-corrected chi connectivity index (χ0v) is 15.0. The molecule has 1 heteroatoms. The zero-order chi connectivity index (χ0) is 16.9. The van der Waals surface area contributed by atoms with Crippen molar-refractivity contribution in [1.29, 1.82) is 0 Å². The molecular formula is C22H28O. The molecule has 1 unspecified atom stereocenters. The van der Waals surface area contributed by atoms with Gasteiger partial charge in [0.2, 0.25) is 0 Å². The lowest BCUT2D eigenvalue weighted by Gasteiger charge is -2.19. The number of benzene rings is 2. The fourth-order valence-electron chi connectivity index (χ4n) is 2.57. The first-order chi connectivity index (χ1) is 10.9. The summed E-state index contributed by atoms with van der Waals surface area (Å²) >= 11 is 0. The molecule has 1 atom stereocenters. The molecule has 1 nitrogen and oxygen atoms in total. The van der Waals surface area contributed by atoms with Gasteiger partial charge in [0.05, 0.1) is 7.11 Å². The van der Waals surface area contributed by atoms with Crippen LogP contribution in [0.2, 0.25) is 0 Å². The fourth-order valence-corrected chi connectivity index (χ4v) is 2.57. The molecule has 0 bridgehead atoms. The first kappa shape index (κ1) is 17.3. The Kier molecular flexibility index (Phi) is 5.65. The molecular weight excluding hydrogens is 280 g/mol. The van der Waals surface area contributed by atoms with E-state index in [1.165, 1.54) is 16.7 Å². The van der Waals surface area contributed by atoms with Gasteiger partial charge in [-0.2, -0.15) is 0 Å². The summed E-state index contributed by atoms with van der Waals surface area (Å²) in [6.45, 7) is 9.02. The molecule has 0 fully saturated rings. The summed E-state index contributed by atoms with van der Waals surface area (Å²) < 4.78 is 5.18. The van der Waals surface area contributed by atoms with Gasteiger partial charge in [0.15, 0.2) is 0 Å². The molecule has 0 N–H and O–H groups in total. The van der Waals surface area contributed by atoms with E-state index in [1.54, 1.807) is 7.11 Å². The van der Waals surface area contributed by atoms with Crippen LogP contribution in [0.25, 0.3) is 6.08 Å². The number of hydrogen-bond donors (Lipinski definition) is 0. The van der Waals surface area contributed by atoms with E-state index in [1.807, 2.05) is 12.1 Å². The molecule has 0 amide bonds. The minimum absolute atomic E-state index is 0.221. The molecule has 2 rings (SSSR count). The summed E-state index contributed by atoms with van der Waals surface area (Å²) in [7, 11) is 1.69. The van der Waals surface area contributed by atoms with Gasteiger partial charge < -0.3 is 4.74 Å². The maximum atomic E-state index is 5.18. The van der Waals surface area contributed by atoms with Gasteiger partial charge in [-0.3, -0.25) is 0 Å². The highest BCUT2D eigenvalue weighted by atomic mass is 16.5. The van der Waals surface area contributed by atoms with Crippen LogP contribution >= 0.6 is 0 Å². The second-order valence-electron chi connectivity index (χ2n) is 7.26. The fraction of sp³-hybridized carbons (Fsp3) is 0.364. The minimum Gasteiger partial charge on any atom is -0.497 e. The molecule has 0 saturated carbocycles. The average Bonchev–Trinajstić information content (AvgIpc) is 2.53. The van der Waals surface area contributed by atoms with Crippen LogP contribution in [0.5, 0.6) is 5.75 Å².